The summed E-state index contributed by atoms with van der Waals surface area (Å²) in [4.78, 5) is 0. The van der Waals surface area contributed by atoms with Crippen molar-refractivity contribution in [2.45, 2.75) is 25.3 Å². The normalized spacial score (nSPS) is 20.5. The third kappa shape index (κ3) is 2.06. The van der Waals surface area contributed by atoms with E-state index >= 15 is 0 Å². The van der Waals surface area contributed by atoms with E-state index in [1.807, 2.05) is 14.0 Å². The van der Waals surface area contributed by atoms with Gasteiger partial charge in [-0.05, 0) is 31.5 Å². The Morgan fingerprint density at radius 1 is 1.47 bits per heavy atom. The molecule has 0 radical (unpaired) electrons. The molecule has 0 saturated carbocycles. The van der Waals surface area contributed by atoms with Crippen LogP contribution in [0.15, 0.2) is 24.3 Å². The van der Waals surface area contributed by atoms with Crippen molar-refractivity contribution in [1.82, 2.24) is 5.32 Å². The van der Waals surface area contributed by atoms with Crippen molar-refractivity contribution < 1.29 is 4.74 Å². The Bertz CT molecular complexity index is 324. The summed E-state index contributed by atoms with van der Waals surface area (Å²) in [5, 5.41) is 3.35. The first-order valence-corrected chi connectivity index (χ1v) is 5.69. The van der Waals surface area contributed by atoms with Crippen molar-refractivity contribution in [2.75, 3.05) is 20.3 Å². The summed E-state index contributed by atoms with van der Waals surface area (Å²) in [5.41, 5.74) is 3.00. The van der Waals surface area contributed by atoms with Crippen LogP contribution in [0.2, 0.25) is 0 Å². The number of ether oxygens (including phenoxy) is 1. The Morgan fingerprint density at radius 2 is 2.27 bits per heavy atom. The third-order valence-electron chi connectivity index (χ3n) is 3.25. The summed E-state index contributed by atoms with van der Waals surface area (Å²) in [7, 11) is 2.02. The number of hydrogen-bond acceptors (Lipinski definition) is 2. The summed E-state index contributed by atoms with van der Waals surface area (Å²) >= 11 is 0. The van der Waals surface area contributed by atoms with Gasteiger partial charge in [0.05, 0.1) is 6.61 Å². The van der Waals surface area contributed by atoms with Gasteiger partial charge in [0.2, 0.25) is 0 Å². The van der Waals surface area contributed by atoms with E-state index in [2.05, 4.69) is 29.6 Å². The van der Waals surface area contributed by atoms with Gasteiger partial charge in [-0.15, -0.1) is 0 Å². The van der Waals surface area contributed by atoms with Crippen LogP contribution >= 0.6 is 0 Å². The maximum absolute atomic E-state index is 5.50. The molecule has 82 valence electrons. The molecule has 2 atom stereocenters. The second-order valence-electron chi connectivity index (χ2n) is 4.06. The molecule has 15 heavy (non-hydrogen) atoms. The number of rotatable bonds is 5. The fourth-order valence-corrected chi connectivity index (χ4v) is 2.30. The van der Waals surface area contributed by atoms with E-state index in [1.165, 1.54) is 17.5 Å². The van der Waals surface area contributed by atoms with Crippen LogP contribution in [0, 0.1) is 0 Å². The minimum absolute atomic E-state index is 0.458. The van der Waals surface area contributed by atoms with Crippen LogP contribution < -0.4 is 5.32 Å². The first-order valence-electron chi connectivity index (χ1n) is 5.69. The lowest BCUT2D eigenvalue weighted by atomic mass is 9.73. The fraction of sp³-hybridized carbons (Fsp3) is 0.538. The molecule has 2 rings (SSSR count). The van der Waals surface area contributed by atoms with Gasteiger partial charge in [-0.2, -0.15) is 0 Å². The molecule has 0 bridgehead atoms. The molecular weight excluding hydrogens is 186 g/mol. The first-order chi connectivity index (χ1) is 7.36. The van der Waals surface area contributed by atoms with Gasteiger partial charge < -0.3 is 10.1 Å². The maximum Gasteiger partial charge on any atom is 0.0625 e. The quantitative estimate of drug-likeness (QED) is 0.793. The van der Waals surface area contributed by atoms with Gasteiger partial charge >= 0.3 is 0 Å². The molecule has 1 aliphatic rings. The van der Waals surface area contributed by atoms with Crippen LogP contribution in [0.5, 0.6) is 0 Å². The average Bonchev–Trinajstić information content (AvgIpc) is 2.24. The van der Waals surface area contributed by atoms with E-state index in [4.69, 9.17) is 4.74 Å². The fourth-order valence-electron chi connectivity index (χ4n) is 2.30. The Morgan fingerprint density at radius 3 is 2.93 bits per heavy atom. The molecule has 0 aromatic heterocycles. The number of likely N-dealkylation sites (N-methyl/N-ethyl adjacent to an activating group) is 1. The number of benzene rings is 1. The monoisotopic (exact) mass is 205 g/mol. The lowest BCUT2D eigenvalue weighted by molar-refractivity contribution is 0.114. The largest absolute Gasteiger partial charge is 0.380 e. The summed E-state index contributed by atoms with van der Waals surface area (Å²) < 4.78 is 5.50. The smallest absolute Gasteiger partial charge is 0.0625 e. The Balaban J connectivity index is 2.01. The van der Waals surface area contributed by atoms with E-state index in [-0.39, 0.29) is 0 Å². The summed E-state index contributed by atoms with van der Waals surface area (Å²) in [6.45, 7) is 3.65. The third-order valence-corrected chi connectivity index (χ3v) is 3.25. The van der Waals surface area contributed by atoms with Gasteiger partial charge in [0, 0.05) is 18.6 Å². The highest BCUT2D eigenvalue weighted by molar-refractivity contribution is 5.41. The molecule has 1 aliphatic carbocycles. The molecule has 0 saturated heterocycles. The minimum Gasteiger partial charge on any atom is -0.380 e. The second kappa shape index (κ2) is 4.77. The molecular formula is C13H19NO. The molecule has 2 nitrogen and oxygen atoms in total. The van der Waals surface area contributed by atoms with Crippen LogP contribution in [0.3, 0.4) is 0 Å². The molecule has 2 heteroatoms. The molecule has 1 N–H and O–H groups in total. The van der Waals surface area contributed by atoms with Crippen molar-refractivity contribution >= 4 is 0 Å². The van der Waals surface area contributed by atoms with Crippen molar-refractivity contribution in [3.63, 3.8) is 0 Å². The number of fused-ring (bicyclic) bond motifs is 1. The highest BCUT2D eigenvalue weighted by Crippen LogP contribution is 2.37. The standard InChI is InChI=1S/C13H19NO/c1-3-15-9-13(14-2)12-8-10-6-4-5-7-11(10)12/h4-7,12-14H,3,8-9H2,1-2H3. The molecule has 0 heterocycles. The predicted molar refractivity (Wildman–Crippen MR) is 62.2 cm³/mol. The molecule has 0 amide bonds. The van der Waals surface area contributed by atoms with Gasteiger partial charge in [0.25, 0.3) is 0 Å². The lowest BCUT2D eigenvalue weighted by Crippen LogP contribution is -2.41. The van der Waals surface area contributed by atoms with Crippen LogP contribution in [-0.4, -0.2) is 26.3 Å². The minimum atomic E-state index is 0.458. The van der Waals surface area contributed by atoms with E-state index in [1.54, 1.807) is 0 Å². The molecule has 1 aromatic carbocycles. The van der Waals surface area contributed by atoms with Gasteiger partial charge in [-0.3, -0.25) is 0 Å². The summed E-state index contributed by atoms with van der Waals surface area (Å²) in [6.07, 6.45) is 1.19. The zero-order valence-electron chi connectivity index (χ0n) is 9.49. The van der Waals surface area contributed by atoms with Crippen LogP contribution in [0.1, 0.15) is 24.0 Å². The number of nitrogens with one attached hydrogen (secondary N) is 1. The zero-order chi connectivity index (χ0) is 10.7. The van der Waals surface area contributed by atoms with Crippen LogP contribution in [0.4, 0.5) is 0 Å². The summed E-state index contributed by atoms with van der Waals surface area (Å²) in [6, 6.07) is 9.16. The van der Waals surface area contributed by atoms with E-state index in [0.717, 1.165) is 13.2 Å². The van der Waals surface area contributed by atoms with Crippen molar-refractivity contribution in [3.05, 3.63) is 35.4 Å². The Labute approximate surface area is 91.6 Å². The molecule has 0 fully saturated rings. The first kappa shape index (κ1) is 10.7. The SMILES string of the molecule is CCOCC(NC)C1Cc2ccccc21. The topological polar surface area (TPSA) is 21.3 Å². The second-order valence-corrected chi connectivity index (χ2v) is 4.06. The Kier molecular flexibility index (Phi) is 3.39. The van der Waals surface area contributed by atoms with E-state index in [9.17, 15) is 0 Å². The van der Waals surface area contributed by atoms with Crippen LogP contribution in [0.25, 0.3) is 0 Å². The molecule has 2 unspecified atom stereocenters. The summed E-state index contributed by atoms with van der Waals surface area (Å²) in [5.74, 6) is 0.637. The molecule has 1 aromatic rings. The predicted octanol–water partition coefficient (Wildman–Crippen LogP) is 1.95. The number of hydrogen-bond donors (Lipinski definition) is 1. The molecule has 0 spiro atoms. The Hall–Kier alpha value is -0.860. The highest BCUT2D eigenvalue weighted by atomic mass is 16.5. The average molecular weight is 205 g/mol. The van der Waals surface area contributed by atoms with Crippen molar-refractivity contribution in [3.8, 4) is 0 Å². The van der Waals surface area contributed by atoms with Gasteiger partial charge in [-0.1, -0.05) is 24.3 Å². The van der Waals surface area contributed by atoms with Crippen molar-refractivity contribution in [2.24, 2.45) is 0 Å². The lowest BCUT2D eigenvalue weighted by Gasteiger charge is -2.36. The zero-order valence-corrected chi connectivity index (χ0v) is 9.49. The van der Waals surface area contributed by atoms with Gasteiger partial charge in [0.15, 0.2) is 0 Å². The van der Waals surface area contributed by atoms with Gasteiger partial charge in [-0.25, -0.2) is 0 Å². The molecule has 0 aliphatic heterocycles. The van der Waals surface area contributed by atoms with Crippen LogP contribution in [-0.2, 0) is 11.2 Å². The highest BCUT2D eigenvalue weighted by Gasteiger charge is 2.31. The maximum atomic E-state index is 5.50. The van der Waals surface area contributed by atoms with Crippen molar-refractivity contribution in [1.29, 1.82) is 0 Å². The van der Waals surface area contributed by atoms with Gasteiger partial charge in [0.1, 0.15) is 0 Å². The van der Waals surface area contributed by atoms with E-state index in [0.29, 0.717) is 12.0 Å². The van der Waals surface area contributed by atoms with E-state index < -0.39 is 0 Å².